The Labute approximate surface area is 213 Å². The fourth-order valence-corrected chi connectivity index (χ4v) is 5.21. The first-order chi connectivity index (χ1) is 17.2. The molecule has 192 valence electrons. The highest BCUT2D eigenvalue weighted by Gasteiger charge is 2.32. The molecule has 5 nitrogen and oxygen atoms in total. The van der Waals surface area contributed by atoms with Crippen LogP contribution in [-0.4, -0.2) is 48.6 Å². The van der Waals surface area contributed by atoms with E-state index in [1.54, 1.807) is 0 Å². The van der Waals surface area contributed by atoms with Crippen LogP contribution in [0.25, 0.3) is 0 Å². The Balaban J connectivity index is 1.62. The van der Waals surface area contributed by atoms with Crippen molar-refractivity contribution in [2.24, 2.45) is 5.73 Å². The molecular formula is C30H46N4O. The van der Waals surface area contributed by atoms with Crippen LogP contribution in [-0.2, 0) is 6.42 Å². The minimum absolute atomic E-state index is 0.0773. The fourth-order valence-electron chi connectivity index (χ4n) is 5.21. The Kier molecular flexibility index (Phi) is 11.6. The van der Waals surface area contributed by atoms with Crippen LogP contribution < -0.4 is 11.1 Å². The fraction of sp³-hybridized carbons (Fsp3) is 0.567. The summed E-state index contributed by atoms with van der Waals surface area (Å²) in [6, 6.07) is 19.2. The van der Waals surface area contributed by atoms with E-state index in [0.717, 1.165) is 57.5 Å². The lowest BCUT2D eigenvalue weighted by atomic mass is 9.88. The molecule has 0 radical (unpaired) electrons. The van der Waals surface area contributed by atoms with Gasteiger partial charge in [-0.15, -0.1) is 0 Å². The molecule has 1 aliphatic heterocycles. The Morgan fingerprint density at radius 2 is 1.51 bits per heavy atom. The van der Waals surface area contributed by atoms with Gasteiger partial charge in [0.25, 0.3) is 0 Å². The van der Waals surface area contributed by atoms with Gasteiger partial charge in [0, 0.05) is 38.8 Å². The first-order valence-corrected chi connectivity index (χ1v) is 13.8. The Morgan fingerprint density at radius 1 is 0.857 bits per heavy atom. The zero-order chi connectivity index (χ0) is 24.9. The van der Waals surface area contributed by atoms with Crippen molar-refractivity contribution in [3.63, 3.8) is 0 Å². The molecule has 2 amide bonds. The number of rotatable bonds is 13. The molecule has 35 heavy (non-hydrogen) atoms. The van der Waals surface area contributed by atoms with Crippen LogP contribution >= 0.6 is 0 Å². The van der Waals surface area contributed by atoms with Crippen LogP contribution in [0.5, 0.6) is 0 Å². The van der Waals surface area contributed by atoms with Gasteiger partial charge < -0.3 is 16.0 Å². The van der Waals surface area contributed by atoms with Crippen molar-refractivity contribution in [1.82, 2.24) is 15.1 Å². The number of benzene rings is 2. The predicted octanol–water partition coefficient (Wildman–Crippen LogP) is 6.07. The summed E-state index contributed by atoms with van der Waals surface area (Å²) < 4.78 is 0. The first-order valence-electron chi connectivity index (χ1n) is 13.8. The van der Waals surface area contributed by atoms with Gasteiger partial charge in [-0.25, -0.2) is 4.79 Å². The van der Waals surface area contributed by atoms with E-state index in [0.29, 0.717) is 0 Å². The lowest BCUT2D eigenvalue weighted by Crippen LogP contribution is -2.53. The topological polar surface area (TPSA) is 61.6 Å². The van der Waals surface area contributed by atoms with E-state index in [2.05, 4.69) is 72.6 Å². The molecule has 2 unspecified atom stereocenters. The summed E-state index contributed by atoms with van der Waals surface area (Å²) in [6.45, 7) is 8.36. The molecule has 5 heteroatoms. The van der Waals surface area contributed by atoms with Gasteiger partial charge in [0.15, 0.2) is 0 Å². The highest BCUT2D eigenvalue weighted by atomic mass is 16.2. The van der Waals surface area contributed by atoms with E-state index >= 15 is 0 Å². The van der Waals surface area contributed by atoms with Crippen molar-refractivity contribution in [2.75, 3.05) is 32.7 Å². The molecule has 1 aliphatic rings. The van der Waals surface area contributed by atoms with Crippen LogP contribution in [0.1, 0.15) is 87.6 Å². The summed E-state index contributed by atoms with van der Waals surface area (Å²) in [7, 11) is 0. The first kappa shape index (κ1) is 27.2. The molecule has 1 fully saturated rings. The average Bonchev–Trinajstić information content (AvgIpc) is 2.90. The van der Waals surface area contributed by atoms with Crippen molar-refractivity contribution in [3.8, 4) is 0 Å². The van der Waals surface area contributed by atoms with Crippen molar-refractivity contribution in [3.05, 3.63) is 71.3 Å². The molecule has 0 saturated carbocycles. The highest BCUT2D eigenvalue weighted by Crippen LogP contribution is 2.35. The molecule has 1 saturated heterocycles. The van der Waals surface area contributed by atoms with Gasteiger partial charge in [-0.1, -0.05) is 107 Å². The third-order valence-corrected chi connectivity index (χ3v) is 7.22. The minimum Gasteiger partial charge on any atom is -0.338 e. The number of nitrogens with zero attached hydrogens (tertiary/aromatic N) is 2. The number of nitrogens with two attached hydrogens (primary N) is 1. The van der Waals surface area contributed by atoms with Crippen molar-refractivity contribution in [1.29, 1.82) is 0 Å². The Morgan fingerprint density at radius 3 is 2.23 bits per heavy atom. The number of aryl methyl sites for hydroxylation is 1. The number of urea groups is 1. The van der Waals surface area contributed by atoms with Gasteiger partial charge >= 0.3 is 6.03 Å². The van der Waals surface area contributed by atoms with Crippen LogP contribution in [0.2, 0.25) is 0 Å². The summed E-state index contributed by atoms with van der Waals surface area (Å²) in [4.78, 5) is 17.2. The van der Waals surface area contributed by atoms with Gasteiger partial charge in [0.05, 0.1) is 6.04 Å². The van der Waals surface area contributed by atoms with Crippen LogP contribution in [0.4, 0.5) is 4.79 Å². The average molecular weight is 479 g/mol. The van der Waals surface area contributed by atoms with Gasteiger partial charge in [-0.3, -0.25) is 4.90 Å². The van der Waals surface area contributed by atoms with Crippen molar-refractivity contribution in [2.45, 2.75) is 77.3 Å². The van der Waals surface area contributed by atoms with Gasteiger partial charge in [-0.05, 0) is 29.5 Å². The third-order valence-electron chi connectivity index (χ3n) is 7.22. The zero-order valence-electron chi connectivity index (χ0n) is 21.9. The Bertz CT molecular complexity index is 864. The summed E-state index contributed by atoms with van der Waals surface area (Å²) in [5, 5.41) is 3.14. The van der Waals surface area contributed by atoms with Gasteiger partial charge in [-0.2, -0.15) is 0 Å². The number of amides is 2. The molecular weight excluding hydrogens is 432 g/mol. The highest BCUT2D eigenvalue weighted by molar-refractivity contribution is 5.74. The van der Waals surface area contributed by atoms with Crippen molar-refractivity contribution >= 4 is 6.03 Å². The molecule has 2 aromatic rings. The van der Waals surface area contributed by atoms with Crippen LogP contribution in [0, 0.1) is 0 Å². The van der Waals surface area contributed by atoms with Gasteiger partial charge in [0.2, 0.25) is 0 Å². The molecule has 0 spiro atoms. The van der Waals surface area contributed by atoms with E-state index < -0.39 is 0 Å². The minimum atomic E-state index is -0.123. The predicted molar refractivity (Wildman–Crippen MR) is 146 cm³/mol. The number of nitrogens with one attached hydrogen (secondary N) is 1. The SMILES string of the molecule is CCCCCCCCNC(=O)N1CCN(C(c2ccccc2CCC)C(N)c2ccccc2)CC1. The summed E-state index contributed by atoms with van der Waals surface area (Å²) in [6.07, 6.45) is 9.58. The maximum Gasteiger partial charge on any atom is 0.317 e. The van der Waals surface area contributed by atoms with Crippen molar-refractivity contribution < 1.29 is 4.79 Å². The van der Waals surface area contributed by atoms with Crippen LogP contribution in [0.15, 0.2) is 54.6 Å². The third kappa shape index (κ3) is 8.08. The lowest BCUT2D eigenvalue weighted by molar-refractivity contribution is 0.0958. The second kappa shape index (κ2) is 14.9. The smallest absolute Gasteiger partial charge is 0.317 e. The zero-order valence-corrected chi connectivity index (χ0v) is 21.9. The molecule has 2 aromatic carbocycles. The molecule has 1 heterocycles. The molecule has 2 atom stereocenters. The summed E-state index contributed by atoms with van der Waals surface area (Å²) >= 11 is 0. The van der Waals surface area contributed by atoms with Crippen LogP contribution in [0.3, 0.4) is 0 Å². The molecule has 0 bridgehead atoms. The second-order valence-electron chi connectivity index (χ2n) is 9.85. The lowest BCUT2D eigenvalue weighted by Gasteiger charge is -2.42. The number of hydrogen-bond donors (Lipinski definition) is 2. The molecule has 0 aromatic heterocycles. The summed E-state index contributed by atoms with van der Waals surface area (Å²) in [5.74, 6) is 0. The number of carbonyl (C=O) groups excluding carboxylic acids is 1. The number of piperazine rings is 1. The second-order valence-corrected chi connectivity index (χ2v) is 9.85. The van der Waals surface area contributed by atoms with E-state index in [1.165, 1.54) is 43.2 Å². The number of unbranched alkanes of at least 4 members (excludes halogenated alkanes) is 5. The van der Waals surface area contributed by atoms with E-state index in [9.17, 15) is 4.79 Å². The monoisotopic (exact) mass is 478 g/mol. The Hall–Kier alpha value is -2.37. The maximum absolute atomic E-state index is 12.7. The molecule has 0 aliphatic carbocycles. The normalized spacial score (nSPS) is 16.1. The summed E-state index contributed by atoms with van der Waals surface area (Å²) in [5.41, 5.74) is 10.8. The number of hydrogen-bond acceptors (Lipinski definition) is 3. The van der Waals surface area contributed by atoms with E-state index in [4.69, 9.17) is 5.73 Å². The molecule has 3 rings (SSSR count). The molecule has 3 N–H and O–H groups in total. The van der Waals surface area contributed by atoms with Gasteiger partial charge in [0.1, 0.15) is 0 Å². The quantitative estimate of drug-likeness (QED) is 0.344. The maximum atomic E-state index is 12.7. The largest absolute Gasteiger partial charge is 0.338 e. The number of carbonyl (C=O) groups is 1. The van der Waals surface area contributed by atoms with E-state index in [1.807, 2.05) is 11.0 Å². The van der Waals surface area contributed by atoms with E-state index in [-0.39, 0.29) is 18.1 Å². The standard InChI is InChI=1S/C30H46N4O/c1-3-5-6-7-8-14-20-32-30(35)34-23-21-33(22-24-34)29(28(31)26-17-10-9-11-18-26)27-19-13-12-16-25(27)15-4-2/h9-13,16-19,28-29H,3-8,14-15,20-24,31H2,1-2H3,(H,32,35).